The van der Waals surface area contributed by atoms with E-state index >= 15 is 0 Å². The minimum absolute atomic E-state index is 0.118. The van der Waals surface area contributed by atoms with Crippen molar-refractivity contribution < 1.29 is 4.65 Å². The molecule has 174 valence electrons. The Hall–Kier alpha value is -2.71. The Labute approximate surface area is 213 Å². The summed E-state index contributed by atoms with van der Waals surface area (Å²) in [4.78, 5) is 0. The lowest BCUT2D eigenvalue weighted by molar-refractivity contribution is 0.0375. The molecule has 0 amide bonds. The zero-order valence-electron chi connectivity index (χ0n) is 22.5. The van der Waals surface area contributed by atoms with Crippen molar-refractivity contribution in [3.05, 3.63) is 77.9 Å². The normalized spacial score (nSPS) is 16.7. The summed E-state index contributed by atoms with van der Waals surface area (Å²) in [5.41, 5.74) is 12.1. The molecule has 4 heteroatoms. The number of rotatable bonds is 3. The molecule has 0 bridgehead atoms. The second-order valence-corrected chi connectivity index (χ2v) is 11.6. The molecule has 1 fully saturated rings. The van der Waals surface area contributed by atoms with Crippen LogP contribution in [0.15, 0.2) is 66.7 Å². The summed E-state index contributed by atoms with van der Waals surface area (Å²) in [6.45, 7) is 13.9. The molecule has 0 N–H and O–H groups in total. The average molecular weight is 456 g/mol. The molecule has 0 radical (unpaired) electrons. The van der Waals surface area contributed by atoms with Gasteiger partial charge < -0.3 is 4.65 Å². The summed E-state index contributed by atoms with van der Waals surface area (Å²) in [7, 11) is 4.57. The van der Waals surface area contributed by atoms with Crippen LogP contribution < -0.4 is 16.4 Å². The third-order valence-electron chi connectivity index (χ3n) is 9.04. The lowest BCUT2D eigenvalue weighted by Gasteiger charge is -2.34. The van der Waals surface area contributed by atoms with Crippen molar-refractivity contribution in [2.75, 3.05) is 0 Å². The van der Waals surface area contributed by atoms with Gasteiger partial charge in [-0.2, -0.15) is 0 Å². The molecule has 35 heavy (non-hydrogen) atoms. The van der Waals surface area contributed by atoms with E-state index < -0.39 is 0 Å². The zero-order valence-corrected chi connectivity index (χ0v) is 22.5. The molecule has 1 saturated heterocycles. The van der Waals surface area contributed by atoms with Gasteiger partial charge in [0.2, 0.25) is 0 Å². The van der Waals surface area contributed by atoms with E-state index in [-0.39, 0.29) is 17.9 Å². The Balaban J connectivity index is 1.76. The van der Waals surface area contributed by atoms with Gasteiger partial charge in [-0.05, 0) is 78.0 Å². The Morgan fingerprint density at radius 3 is 1.91 bits per heavy atom. The third kappa shape index (κ3) is 3.78. The van der Waals surface area contributed by atoms with E-state index in [1.807, 2.05) is 0 Å². The van der Waals surface area contributed by atoms with E-state index in [1.165, 1.54) is 60.5 Å². The first-order valence-electron chi connectivity index (χ1n) is 12.9. The summed E-state index contributed by atoms with van der Waals surface area (Å²) in [6, 6.07) is 24.2. The summed E-state index contributed by atoms with van der Waals surface area (Å²) in [6.07, 6.45) is 1.04. The van der Waals surface area contributed by atoms with Gasteiger partial charge in [-0.1, -0.05) is 103 Å². The maximum atomic E-state index is 6.76. The first-order valence-corrected chi connectivity index (χ1v) is 12.9. The monoisotopic (exact) mass is 456 g/mol. The van der Waals surface area contributed by atoms with Crippen molar-refractivity contribution in [3.63, 3.8) is 0 Å². The van der Waals surface area contributed by atoms with Crippen LogP contribution in [-0.4, -0.2) is 28.2 Å². The van der Waals surface area contributed by atoms with Crippen LogP contribution in [0.1, 0.15) is 38.8 Å². The number of hydrogen-bond donors (Lipinski definition) is 0. The Kier molecular flexibility index (Phi) is 5.80. The predicted molar refractivity (Wildman–Crippen MR) is 160 cm³/mol. The topological polar surface area (TPSA) is 9.23 Å². The van der Waals surface area contributed by atoms with Gasteiger partial charge in [0.25, 0.3) is 0 Å². The molecule has 1 aliphatic heterocycles. The van der Waals surface area contributed by atoms with Crippen molar-refractivity contribution in [1.29, 1.82) is 0 Å². The Morgan fingerprint density at radius 1 is 0.714 bits per heavy atom. The Morgan fingerprint density at radius 2 is 1.31 bits per heavy atom. The number of benzene rings is 4. The van der Waals surface area contributed by atoms with E-state index in [0.717, 1.165) is 6.32 Å². The highest BCUT2D eigenvalue weighted by Gasteiger charge is 2.50. The van der Waals surface area contributed by atoms with Crippen molar-refractivity contribution in [1.82, 2.24) is 0 Å². The maximum absolute atomic E-state index is 6.76. The molecule has 1 aliphatic rings. The van der Waals surface area contributed by atoms with Crippen molar-refractivity contribution in [3.8, 4) is 22.3 Å². The first kappa shape index (κ1) is 24.0. The van der Waals surface area contributed by atoms with Crippen LogP contribution in [0, 0.1) is 19.3 Å². The standard InChI is InChI=1S/C31H35B3O/c1-19-26(27(32)20(2)28(33)29(19)34-18-30(3,4)31(5,6)35-34)25-17-11-15-23-22(14-10-16-24(23)25)21-12-8-7-9-13-21/h7-17H,18,32-33H2,1-6H3. The molecule has 0 unspecified atom stereocenters. The molecule has 1 heterocycles. The highest BCUT2D eigenvalue weighted by atomic mass is 16.5. The molecule has 0 spiro atoms. The van der Waals surface area contributed by atoms with Crippen molar-refractivity contribution >= 4 is 49.8 Å². The second-order valence-electron chi connectivity index (χ2n) is 11.6. The second kappa shape index (κ2) is 8.45. The van der Waals surface area contributed by atoms with E-state index in [9.17, 15) is 0 Å². The van der Waals surface area contributed by atoms with E-state index in [4.69, 9.17) is 4.65 Å². The van der Waals surface area contributed by atoms with Gasteiger partial charge in [-0.25, -0.2) is 0 Å². The van der Waals surface area contributed by atoms with Crippen LogP contribution in [0.5, 0.6) is 0 Å². The smallest absolute Gasteiger partial charge is 0.327 e. The largest absolute Gasteiger partial charge is 0.426 e. The molecule has 4 aromatic rings. The molecular formula is C31H35B3O. The van der Waals surface area contributed by atoms with Crippen molar-refractivity contribution in [2.45, 2.75) is 53.5 Å². The minimum Gasteiger partial charge on any atom is -0.426 e. The van der Waals surface area contributed by atoms with Crippen LogP contribution >= 0.6 is 0 Å². The molecular weight excluding hydrogens is 421 g/mol. The first-order chi connectivity index (χ1) is 16.5. The van der Waals surface area contributed by atoms with Gasteiger partial charge in [-0.3, -0.25) is 0 Å². The average Bonchev–Trinajstić information content (AvgIpc) is 3.04. The zero-order chi connectivity index (χ0) is 25.1. The summed E-state index contributed by atoms with van der Waals surface area (Å²) < 4.78 is 6.76. The molecule has 0 saturated carbocycles. The van der Waals surface area contributed by atoms with Crippen LogP contribution in [0.2, 0.25) is 6.32 Å². The fraction of sp³-hybridized carbons (Fsp3) is 0.290. The molecule has 1 nitrogen and oxygen atoms in total. The lowest BCUT2D eigenvalue weighted by atomic mass is 9.49. The van der Waals surface area contributed by atoms with Gasteiger partial charge in [0, 0.05) is 0 Å². The molecule has 0 aromatic heterocycles. The Bertz CT molecular complexity index is 1420. The molecule has 5 rings (SSSR count). The van der Waals surface area contributed by atoms with Gasteiger partial charge in [0.1, 0.15) is 15.7 Å². The summed E-state index contributed by atoms with van der Waals surface area (Å²) in [5, 5.41) is 2.61. The maximum Gasteiger partial charge on any atom is 0.327 e. The highest BCUT2D eigenvalue weighted by molar-refractivity contribution is 6.74. The predicted octanol–water partition coefficient (Wildman–Crippen LogP) is 4.34. The van der Waals surface area contributed by atoms with E-state index in [2.05, 4.69) is 124 Å². The fourth-order valence-electron chi connectivity index (χ4n) is 6.08. The quantitative estimate of drug-likeness (QED) is 0.417. The van der Waals surface area contributed by atoms with E-state index in [1.54, 1.807) is 0 Å². The third-order valence-corrected chi connectivity index (χ3v) is 9.04. The van der Waals surface area contributed by atoms with Gasteiger partial charge in [0.15, 0.2) is 0 Å². The molecule has 4 aromatic carbocycles. The van der Waals surface area contributed by atoms with Crippen LogP contribution in [0.3, 0.4) is 0 Å². The SMILES string of the molecule is Bc1c(C)c(B)c(-c2cccc3c(-c4ccccc4)cccc23)c(C)c1B1CC(C)(C)C(C)(C)O1. The lowest BCUT2D eigenvalue weighted by Crippen LogP contribution is -2.48. The van der Waals surface area contributed by atoms with Crippen LogP contribution in [0.4, 0.5) is 0 Å². The van der Waals surface area contributed by atoms with Crippen molar-refractivity contribution in [2.24, 2.45) is 5.41 Å². The fourth-order valence-corrected chi connectivity index (χ4v) is 6.08. The number of hydrogen-bond acceptors (Lipinski definition) is 1. The van der Waals surface area contributed by atoms with E-state index in [0.29, 0.717) is 0 Å². The number of fused-ring (bicyclic) bond motifs is 1. The van der Waals surface area contributed by atoms with Crippen LogP contribution in [0.25, 0.3) is 33.0 Å². The summed E-state index contributed by atoms with van der Waals surface area (Å²) >= 11 is 0. The van der Waals surface area contributed by atoms with Crippen LogP contribution in [-0.2, 0) is 4.65 Å². The minimum atomic E-state index is -0.153. The molecule has 0 atom stereocenters. The van der Waals surface area contributed by atoms with Gasteiger partial charge in [-0.15, -0.1) is 0 Å². The highest BCUT2D eigenvalue weighted by Crippen LogP contribution is 2.45. The molecule has 0 aliphatic carbocycles. The van der Waals surface area contributed by atoms with Gasteiger partial charge >= 0.3 is 6.92 Å². The van der Waals surface area contributed by atoms with Gasteiger partial charge in [0.05, 0.1) is 5.60 Å². The summed E-state index contributed by atoms with van der Waals surface area (Å²) in [5.74, 6) is 0.